The minimum atomic E-state index is 1.07. The molecule has 0 saturated carbocycles. The van der Waals surface area contributed by atoms with Crippen molar-refractivity contribution in [2.24, 2.45) is 0 Å². The van der Waals surface area contributed by atoms with Crippen LogP contribution in [0.4, 0.5) is 0 Å². The normalized spacial score (nSPS) is 13.5. The summed E-state index contributed by atoms with van der Waals surface area (Å²) in [4.78, 5) is 0. The average molecular weight is 641 g/mol. The molecule has 2 heteroatoms. The maximum atomic E-state index is 2.46. The van der Waals surface area contributed by atoms with Crippen molar-refractivity contribution in [2.45, 2.75) is 25.7 Å². The molecule has 2 nitrogen and oxygen atoms in total. The number of nitrogens with zero attached hydrogens (tertiary/aromatic N) is 2. The van der Waals surface area contributed by atoms with Crippen LogP contribution < -0.4 is 0 Å². The van der Waals surface area contributed by atoms with Crippen LogP contribution in [-0.2, 0) is 12.8 Å². The number of allylic oxidation sites excluding steroid dienone is 2. The first-order chi connectivity index (χ1) is 24.8. The van der Waals surface area contributed by atoms with Gasteiger partial charge in [0.05, 0.1) is 11.0 Å². The minimum absolute atomic E-state index is 1.07. The van der Waals surface area contributed by atoms with Crippen LogP contribution in [0.2, 0.25) is 0 Å². The molecule has 6 aromatic carbocycles. The molecule has 0 N–H and O–H groups in total. The van der Waals surface area contributed by atoms with Gasteiger partial charge in [0.2, 0.25) is 0 Å². The number of benzene rings is 6. The van der Waals surface area contributed by atoms with Crippen molar-refractivity contribution in [3.05, 3.63) is 180 Å². The van der Waals surface area contributed by atoms with Crippen LogP contribution in [0.3, 0.4) is 0 Å². The van der Waals surface area contributed by atoms with Gasteiger partial charge in [-0.2, -0.15) is 0 Å². The van der Waals surface area contributed by atoms with Gasteiger partial charge in [0.15, 0.2) is 0 Å². The molecule has 238 valence electrons. The Hall–Kier alpha value is -6.12. The van der Waals surface area contributed by atoms with Crippen LogP contribution in [0.5, 0.6) is 0 Å². The zero-order valence-electron chi connectivity index (χ0n) is 27.9. The fraction of sp³-hybridized carbons (Fsp3) is 0.0833. The van der Waals surface area contributed by atoms with Gasteiger partial charge in [-0.25, -0.2) is 0 Å². The van der Waals surface area contributed by atoms with Crippen LogP contribution in [0.15, 0.2) is 158 Å². The molecule has 2 heterocycles. The van der Waals surface area contributed by atoms with Gasteiger partial charge < -0.3 is 9.13 Å². The van der Waals surface area contributed by atoms with Crippen LogP contribution >= 0.6 is 0 Å². The van der Waals surface area contributed by atoms with Gasteiger partial charge in [-0.1, -0.05) is 121 Å². The van der Waals surface area contributed by atoms with Gasteiger partial charge in [-0.05, 0) is 108 Å². The summed E-state index contributed by atoms with van der Waals surface area (Å²) < 4.78 is 4.91. The van der Waals surface area contributed by atoms with Gasteiger partial charge >= 0.3 is 0 Å². The summed E-state index contributed by atoms with van der Waals surface area (Å²) in [7, 11) is 0. The number of fused-ring (bicyclic) bond motifs is 6. The molecule has 0 atom stereocenters. The monoisotopic (exact) mass is 640 g/mol. The van der Waals surface area contributed by atoms with Crippen molar-refractivity contribution >= 4 is 34.0 Å². The number of aromatic nitrogens is 2. The highest BCUT2D eigenvalue weighted by molar-refractivity contribution is 5.94. The molecular formula is C48H36N2. The Labute approximate surface area is 292 Å². The van der Waals surface area contributed by atoms with Gasteiger partial charge in [-0.15, -0.1) is 0 Å². The van der Waals surface area contributed by atoms with Crippen LogP contribution in [0, 0.1) is 0 Å². The Balaban J connectivity index is 0.949. The zero-order valence-corrected chi connectivity index (χ0v) is 27.9. The van der Waals surface area contributed by atoms with E-state index in [4.69, 9.17) is 0 Å². The molecule has 0 bridgehead atoms. The molecule has 0 amide bonds. The largest absolute Gasteiger partial charge is 0.313 e. The summed E-state index contributed by atoms with van der Waals surface area (Å²) >= 11 is 0. The molecule has 0 unspecified atom stereocenters. The lowest BCUT2D eigenvalue weighted by atomic mass is 9.96. The van der Waals surface area contributed by atoms with Gasteiger partial charge in [0.25, 0.3) is 0 Å². The lowest BCUT2D eigenvalue weighted by Crippen LogP contribution is -2.02. The fourth-order valence-corrected chi connectivity index (χ4v) is 8.30. The predicted octanol–water partition coefficient (Wildman–Crippen LogP) is 12.5. The van der Waals surface area contributed by atoms with E-state index in [1.165, 1.54) is 89.1 Å². The third-order valence-corrected chi connectivity index (χ3v) is 10.7. The molecule has 50 heavy (non-hydrogen) atoms. The van der Waals surface area contributed by atoms with E-state index >= 15 is 0 Å². The summed E-state index contributed by atoms with van der Waals surface area (Å²) in [6, 6.07) is 53.7. The maximum Gasteiger partial charge on any atom is 0.0537 e. The Morgan fingerprint density at radius 2 is 0.760 bits per heavy atom. The summed E-state index contributed by atoms with van der Waals surface area (Å²) in [5.41, 5.74) is 17.9. The lowest BCUT2D eigenvalue weighted by Gasteiger charge is -2.14. The Kier molecular flexibility index (Phi) is 6.80. The molecular weight excluding hydrogens is 605 g/mol. The number of hydrogen-bond acceptors (Lipinski definition) is 0. The Bertz CT molecular complexity index is 2440. The number of hydrogen-bond donors (Lipinski definition) is 0. The first-order valence-electron chi connectivity index (χ1n) is 17.8. The minimum Gasteiger partial charge on any atom is -0.313 e. The quantitative estimate of drug-likeness (QED) is 0.177. The first kappa shape index (κ1) is 28.9. The molecule has 0 spiro atoms. The highest BCUT2D eigenvalue weighted by Crippen LogP contribution is 2.37. The third kappa shape index (κ3) is 4.71. The highest BCUT2D eigenvalue weighted by atomic mass is 15.0. The molecule has 2 aromatic heterocycles. The van der Waals surface area contributed by atoms with Crippen molar-refractivity contribution < 1.29 is 0 Å². The molecule has 0 saturated heterocycles. The van der Waals surface area contributed by atoms with Crippen molar-refractivity contribution in [1.29, 1.82) is 0 Å². The van der Waals surface area contributed by atoms with E-state index in [1.54, 1.807) is 0 Å². The topological polar surface area (TPSA) is 9.86 Å². The van der Waals surface area contributed by atoms with Crippen molar-refractivity contribution in [3.63, 3.8) is 0 Å². The maximum absolute atomic E-state index is 2.46. The predicted molar refractivity (Wildman–Crippen MR) is 211 cm³/mol. The van der Waals surface area contributed by atoms with Gasteiger partial charge in [0.1, 0.15) is 0 Å². The van der Waals surface area contributed by atoms with E-state index in [0.29, 0.717) is 0 Å². The number of rotatable bonds is 5. The van der Waals surface area contributed by atoms with E-state index in [1.807, 2.05) is 0 Å². The zero-order chi connectivity index (χ0) is 33.0. The second-order valence-corrected chi connectivity index (χ2v) is 13.6. The molecule has 0 aliphatic heterocycles. The van der Waals surface area contributed by atoms with E-state index in [9.17, 15) is 0 Å². The van der Waals surface area contributed by atoms with E-state index < -0.39 is 0 Å². The SMILES string of the molecule is C1=Cc2c(n(-c3ccc(-c4cccc(-c5cccc(-c6ccc(-n7c8c(c9ccccc97)C=CCC8)cc6)c5)c4)cc3)c3ccccc23)CC1. The van der Waals surface area contributed by atoms with Crippen LogP contribution in [-0.4, -0.2) is 9.13 Å². The molecule has 2 aliphatic rings. The second-order valence-electron chi connectivity index (χ2n) is 13.6. The van der Waals surface area contributed by atoms with Crippen LogP contribution in [0.25, 0.3) is 78.7 Å². The summed E-state index contributed by atoms with van der Waals surface area (Å²) in [6.45, 7) is 0. The third-order valence-electron chi connectivity index (χ3n) is 10.7. The summed E-state index contributed by atoms with van der Waals surface area (Å²) in [5.74, 6) is 0. The van der Waals surface area contributed by atoms with Gasteiger partial charge in [-0.3, -0.25) is 0 Å². The first-order valence-corrected chi connectivity index (χ1v) is 17.8. The highest BCUT2D eigenvalue weighted by Gasteiger charge is 2.19. The molecule has 8 aromatic rings. The molecule has 10 rings (SSSR count). The van der Waals surface area contributed by atoms with Gasteiger partial charge in [0, 0.05) is 44.7 Å². The molecule has 0 radical (unpaired) electrons. The van der Waals surface area contributed by atoms with Crippen molar-refractivity contribution in [2.75, 3.05) is 0 Å². The van der Waals surface area contributed by atoms with Crippen LogP contribution in [0.1, 0.15) is 35.4 Å². The fourth-order valence-electron chi connectivity index (χ4n) is 8.30. The summed E-state index contributed by atoms with van der Waals surface area (Å²) in [6.07, 6.45) is 13.5. The van der Waals surface area contributed by atoms with E-state index in [-0.39, 0.29) is 0 Å². The van der Waals surface area contributed by atoms with Crippen molar-refractivity contribution in [3.8, 4) is 44.8 Å². The standard InChI is InChI=1S/C48H36N2/c1-5-19-45-41(15-1)42-16-2-6-20-46(42)49(45)39-27-23-33(24-28-39)35-11-9-13-37(31-35)38-14-10-12-36(32-38)34-25-29-40(30-26-34)50-47-21-7-3-17-43(47)44-18-4-8-22-48(44)50/h1-5,7,9-19,21,23-32H,6,8,20,22H2. The molecule has 0 fully saturated rings. The Morgan fingerprint density at radius 1 is 0.360 bits per heavy atom. The number of para-hydroxylation sites is 2. The lowest BCUT2D eigenvalue weighted by molar-refractivity contribution is 0.888. The summed E-state index contributed by atoms with van der Waals surface area (Å²) in [5, 5.41) is 2.67. The van der Waals surface area contributed by atoms with Crippen molar-refractivity contribution in [1.82, 2.24) is 9.13 Å². The average Bonchev–Trinajstić information content (AvgIpc) is 3.71. The second kappa shape index (κ2) is 11.8. The Morgan fingerprint density at radius 3 is 1.20 bits per heavy atom. The van der Waals surface area contributed by atoms with E-state index in [2.05, 4.69) is 179 Å². The van der Waals surface area contributed by atoms with E-state index in [0.717, 1.165) is 25.7 Å². The molecule has 2 aliphatic carbocycles. The smallest absolute Gasteiger partial charge is 0.0537 e.